The van der Waals surface area contributed by atoms with Crippen LogP contribution in [0.4, 0.5) is 0 Å². The molecule has 2 aromatic rings. The second-order valence-corrected chi connectivity index (χ2v) is 11.2. The van der Waals surface area contributed by atoms with Gasteiger partial charge in [-0.15, -0.1) is 0 Å². The van der Waals surface area contributed by atoms with Crippen molar-refractivity contribution in [3.63, 3.8) is 0 Å². The lowest BCUT2D eigenvalue weighted by molar-refractivity contribution is -0.142. The highest BCUT2D eigenvalue weighted by atomic mass is 31.2. The van der Waals surface area contributed by atoms with Crippen LogP contribution in [-0.2, 0) is 27.0 Å². The SMILES string of the molecule is CC(C)C[C@H](CP(=O)(O)[C@@H](N)Cc1ccccc1)C(=O)N[C@@H](Cc1ccccc1)C(=O)O. The molecule has 2 aromatic carbocycles. The summed E-state index contributed by atoms with van der Waals surface area (Å²) in [6.07, 6.45) is 0.409. The molecule has 0 spiro atoms. The molecule has 0 aliphatic heterocycles. The molecule has 4 atom stereocenters. The number of nitrogens with two attached hydrogens (primary N) is 1. The monoisotopic (exact) mass is 460 g/mol. The van der Waals surface area contributed by atoms with Crippen LogP contribution in [0.25, 0.3) is 0 Å². The zero-order valence-electron chi connectivity index (χ0n) is 18.6. The smallest absolute Gasteiger partial charge is 0.326 e. The molecule has 174 valence electrons. The third kappa shape index (κ3) is 8.23. The first-order chi connectivity index (χ1) is 15.1. The van der Waals surface area contributed by atoms with Gasteiger partial charge in [0.05, 0.1) is 5.78 Å². The molecule has 8 heteroatoms. The van der Waals surface area contributed by atoms with Crippen LogP contribution in [0.2, 0.25) is 0 Å². The molecule has 1 amide bonds. The highest BCUT2D eigenvalue weighted by molar-refractivity contribution is 7.58. The van der Waals surface area contributed by atoms with E-state index in [1.54, 1.807) is 24.3 Å². The lowest BCUT2D eigenvalue weighted by atomic mass is 9.97. The van der Waals surface area contributed by atoms with Crippen molar-refractivity contribution in [3.05, 3.63) is 71.8 Å². The van der Waals surface area contributed by atoms with Gasteiger partial charge in [-0.25, -0.2) is 4.79 Å². The summed E-state index contributed by atoms with van der Waals surface area (Å²) in [5.74, 6) is -3.44. The van der Waals surface area contributed by atoms with Gasteiger partial charge in [0.2, 0.25) is 13.3 Å². The number of aliphatic carboxylic acids is 1. The van der Waals surface area contributed by atoms with Crippen molar-refractivity contribution in [2.75, 3.05) is 6.16 Å². The van der Waals surface area contributed by atoms with E-state index in [0.29, 0.717) is 6.42 Å². The van der Waals surface area contributed by atoms with Crippen molar-refractivity contribution < 1.29 is 24.2 Å². The quantitative estimate of drug-likeness (QED) is 0.360. The predicted octanol–water partition coefficient (Wildman–Crippen LogP) is 3.26. The van der Waals surface area contributed by atoms with Crippen LogP contribution >= 0.6 is 7.37 Å². The van der Waals surface area contributed by atoms with Gasteiger partial charge in [-0.2, -0.15) is 0 Å². The third-order valence-corrected chi connectivity index (χ3v) is 7.49. The van der Waals surface area contributed by atoms with E-state index < -0.39 is 37.0 Å². The maximum atomic E-state index is 13.1. The van der Waals surface area contributed by atoms with E-state index >= 15 is 0 Å². The molecule has 0 aliphatic carbocycles. The summed E-state index contributed by atoms with van der Waals surface area (Å²) >= 11 is 0. The van der Waals surface area contributed by atoms with Gasteiger partial charge in [-0.05, 0) is 29.9 Å². The van der Waals surface area contributed by atoms with Crippen LogP contribution in [0.5, 0.6) is 0 Å². The Labute approximate surface area is 189 Å². The van der Waals surface area contributed by atoms with E-state index in [1.165, 1.54) is 0 Å². The predicted molar refractivity (Wildman–Crippen MR) is 125 cm³/mol. The summed E-state index contributed by atoms with van der Waals surface area (Å²) in [4.78, 5) is 35.4. The fourth-order valence-electron chi connectivity index (χ4n) is 3.62. The van der Waals surface area contributed by atoms with Gasteiger partial charge in [0.25, 0.3) is 0 Å². The zero-order chi connectivity index (χ0) is 23.7. The molecule has 0 heterocycles. The summed E-state index contributed by atoms with van der Waals surface area (Å²) in [7, 11) is -3.88. The minimum atomic E-state index is -3.88. The van der Waals surface area contributed by atoms with Crippen molar-refractivity contribution in [1.29, 1.82) is 0 Å². The molecule has 0 aromatic heterocycles. The number of carboxylic acid groups (broad SMARTS) is 1. The maximum Gasteiger partial charge on any atom is 0.326 e. The Morgan fingerprint density at radius 1 is 0.969 bits per heavy atom. The van der Waals surface area contributed by atoms with Gasteiger partial charge in [0, 0.05) is 18.5 Å². The normalized spacial score (nSPS) is 16.0. The van der Waals surface area contributed by atoms with Crippen molar-refractivity contribution >= 4 is 19.2 Å². The van der Waals surface area contributed by atoms with Crippen LogP contribution in [0.15, 0.2) is 60.7 Å². The number of benzene rings is 2. The fourth-order valence-corrected chi connectivity index (χ4v) is 5.34. The second kappa shape index (κ2) is 12.0. The van der Waals surface area contributed by atoms with E-state index in [2.05, 4.69) is 5.32 Å². The molecule has 0 saturated carbocycles. The van der Waals surface area contributed by atoms with Gasteiger partial charge in [0.1, 0.15) is 6.04 Å². The summed E-state index contributed by atoms with van der Waals surface area (Å²) in [5.41, 5.74) is 7.69. The van der Waals surface area contributed by atoms with E-state index in [1.807, 2.05) is 50.2 Å². The van der Waals surface area contributed by atoms with Gasteiger partial charge >= 0.3 is 5.97 Å². The highest BCUT2D eigenvalue weighted by Gasteiger charge is 2.35. The number of carboxylic acids is 1. The number of hydrogen-bond acceptors (Lipinski definition) is 4. The number of hydrogen-bond donors (Lipinski definition) is 4. The Kier molecular flexibility index (Phi) is 9.63. The number of rotatable bonds is 12. The number of carbonyl (C=O) groups excluding carboxylic acids is 1. The molecule has 0 saturated heterocycles. The number of amides is 1. The van der Waals surface area contributed by atoms with Crippen LogP contribution in [0.1, 0.15) is 31.4 Å². The second-order valence-electron chi connectivity index (χ2n) is 8.61. The lowest BCUT2D eigenvalue weighted by Crippen LogP contribution is -2.46. The molecule has 0 radical (unpaired) electrons. The van der Waals surface area contributed by atoms with Crippen molar-refractivity contribution in [2.45, 2.75) is 44.9 Å². The first-order valence-corrected chi connectivity index (χ1v) is 12.7. The molecule has 1 unspecified atom stereocenters. The van der Waals surface area contributed by atoms with E-state index in [0.717, 1.165) is 11.1 Å². The summed E-state index contributed by atoms with van der Waals surface area (Å²) in [6, 6.07) is 17.1. The summed E-state index contributed by atoms with van der Waals surface area (Å²) in [5, 5.41) is 12.2. The topological polar surface area (TPSA) is 130 Å². The molecular weight excluding hydrogens is 427 g/mol. The lowest BCUT2D eigenvalue weighted by Gasteiger charge is -2.26. The first kappa shape index (κ1) is 25.8. The molecular formula is C24H33N2O5P. The minimum Gasteiger partial charge on any atom is -0.480 e. The average molecular weight is 461 g/mol. The summed E-state index contributed by atoms with van der Waals surface area (Å²) in [6.45, 7) is 3.82. The Balaban J connectivity index is 2.11. The van der Waals surface area contributed by atoms with Gasteiger partial charge < -0.3 is 21.1 Å². The Morgan fingerprint density at radius 3 is 1.94 bits per heavy atom. The summed E-state index contributed by atoms with van der Waals surface area (Å²) < 4.78 is 13.1. The van der Waals surface area contributed by atoms with E-state index in [-0.39, 0.29) is 24.9 Å². The Bertz CT molecular complexity index is 921. The first-order valence-electron chi connectivity index (χ1n) is 10.8. The maximum absolute atomic E-state index is 13.1. The molecule has 5 N–H and O–H groups in total. The largest absolute Gasteiger partial charge is 0.480 e. The van der Waals surface area contributed by atoms with E-state index in [4.69, 9.17) is 5.73 Å². The van der Waals surface area contributed by atoms with Crippen LogP contribution in [0.3, 0.4) is 0 Å². The highest BCUT2D eigenvalue weighted by Crippen LogP contribution is 2.47. The van der Waals surface area contributed by atoms with Crippen LogP contribution in [0, 0.1) is 11.8 Å². The van der Waals surface area contributed by atoms with Crippen molar-refractivity contribution in [3.8, 4) is 0 Å². The zero-order valence-corrected chi connectivity index (χ0v) is 19.4. The number of nitrogens with one attached hydrogen (secondary N) is 1. The fraction of sp³-hybridized carbons (Fsp3) is 0.417. The van der Waals surface area contributed by atoms with Gasteiger partial charge in [-0.3, -0.25) is 9.36 Å². The number of carbonyl (C=O) groups is 2. The molecule has 7 nitrogen and oxygen atoms in total. The third-order valence-electron chi connectivity index (χ3n) is 5.31. The van der Waals surface area contributed by atoms with Gasteiger partial charge in [0.15, 0.2) is 0 Å². The van der Waals surface area contributed by atoms with Gasteiger partial charge in [-0.1, -0.05) is 74.5 Å². The molecule has 0 bridgehead atoms. The van der Waals surface area contributed by atoms with E-state index in [9.17, 15) is 24.2 Å². The Morgan fingerprint density at radius 2 is 1.47 bits per heavy atom. The molecule has 32 heavy (non-hydrogen) atoms. The van der Waals surface area contributed by atoms with Crippen molar-refractivity contribution in [1.82, 2.24) is 5.32 Å². The molecule has 0 fully saturated rings. The molecule has 0 aliphatic rings. The minimum absolute atomic E-state index is 0.0773. The molecule has 2 rings (SSSR count). The Hall–Kier alpha value is -2.47. The average Bonchev–Trinajstić information content (AvgIpc) is 2.73. The standard InChI is InChI=1S/C24H33N2O5P/c1-17(2)13-20(16-32(30,31)22(25)15-19-11-7-4-8-12-19)23(27)26-21(24(28)29)14-18-9-5-3-6-10-18/h3-12,17,20-22H,13-16,25H2,1-2H3,(H,26,27)(H,28,29)(H,30,31)/t20-,21+,22-/m1/s1. The van der Waals surface area contributed by atoms with Crippen molar-refractivity contribution in [2.24, 2.45) is 17.6 Å². The van der Waals surface area contributed by atoms with Crippen LogP contribution < -0.4 is 11.1 Å². The van der Waals surface area contributed by atoms with Crippen LogP contribution in [-0.4, -0.2) is 39.9 Å².